The second-order valence-corrected chi connectivity index (χ2v) is 6.57. The lowest BCUT2D eigenvalue weighted by Gasteiger charge is -2.16. The Morgan fingerprint density at radius 2 is 1.84 bits per heavy atom. The van der Waals surface area contributed by atoms with Gasteiger partial charge in [-0.05, 0) is 42.7 Å². The minimum Gasteiger partial charge on any atom is -0.489 e. The zero-order valence-corrected chi connectivity index (χ0v) is 15.3. The van der Waals surface area contributed by atoms with Crippen molar-refractivity contribution < 1.29 is 22.6 Å². The van der Waals surface area contributed by atoms with E-state index < -0.39 is 11.7 Å². The second-order valence-electron chi connectivity index (χ2n) is 4.71. The fourth-order valence-electron chi connectivity index (χ4n) is 1.94. The standard InChI is InChI=1S/C17H13Cl2F3O2S/c1-25-15-5-3-2-4-14(15)24-11-6-7-13(23-9-8-16(18)19)12(10-11)17(20,21)22/h2-8,10H,9H2,1H3. The molecule has 0 N–H and O–H groups in total. The van der Waals surface area contributed by atoms with Crippen molar-refractivity contribution in [1.82, 2.24) is 0 Å². The minimum absolute atomic E-state index is 0.0621. The van der Waals surface area contributed by atoms with Gasteiger partial charge in [-0.15, -0.1) is 11.8 Å². The third-order valence-corrected chi connectivity index (χ3v) is 4.12. The van der Waals surface area contributed by atoms with E-state index in [1.807, 2.05) is 18.4 Å². The van der Waals surface area contributed by atoms with E-state index >= 15 is 0 Å². The quantitative estimate of drug-likeness (QED) is 0.483. The smallest absolute Gasteiger partial charge is 0.420 e. The zero-order chi connectivity index (χ0) is 18.4. The maximum Gasteiger partial charge on any atom is 0.420 e. The van der Waals surface area contributed by atoms with E-state index in [4.69, 9.17) is 32.7 Å². The molecule has 0 aliphatic carbocycles. The van der Waals surface area contributed by atoms with Crippen LogP contribution in [-0.2, 0) is 6.18 Å². The normalized spacial score (nSPS) is 11.1. The number of hydrogen-bond acceptors (Lipinski definition) is 3. The van der Waals surface area contributed by atoms with Crippen molar-refractivity contribution in [3.05, 3.63) is 58.6 Å². The molecule has 0 saturated carbocycles. The third-order valence-electron chi connectivity index (χ3n) is 3.03. The topological polar surface area (TPSA) is 18.5 Å². The molecule has 8 heteroatoms. The van der Waals surface area contributed by atoms with E-state index in [0.717, 1.165) is 11.0 Å². The first kappa shape index (κ1) is 19.8. The van der Waals surface area contributed by atoms with Crippen molar-refractivity contribution in [2.24, 2.45) is 0 Å². The van der Waals surface area contributed by atoms with Gasteiger partial charge >= 0.3 is 6.18 Å². The molecule has 0 aliphatic rings. The molecule has 0 saturated heterocycles. The molecule has 2 rings (SSSR count). The third kappa shape index (κ3) is 5.76. The Morgan fingerprint density at radius 3 is 2.48 bits per heavy atom. The summed E-state index contributed by atoms with van der Waals surface area (Å²) in [5.74, 6) is 0.213. The fourth-order valence-corrected chi connectivity index (χ4v) is 2.60. The van der Waals surface area contributed by atoms with Gasteiger partial charge in [0.2, 0.25) is 0 Å². The van der Waals surface area contributed by atoms with Crippen LogP contribution in [0.3, 0.4) is 0 Å². The highest BCUT2D eigenvalue weighted by atomic mass is 35.5. The fraction of sp³-hybridized carbons (Fsp3) is 0.176. The molecule has 2 nitrogen and oxygen atoms in total. The van der Waals surface area contributed by atoms with Crippen LogP contribution in [0, 0.1) is 0 Å². The molecule has 2 aromatic carbocycles. The van der Waals surface area contributed by atoms with Crippen LogP contribution in [0.5, 0.6) is 17.2 Å². The number of rotatable bonds is 6. The van der Waals surface area contributed by atoms with E-state index in [1.165, 1.54) is 30.0 Å². The van der Waals surface area contributed by atoms with E-state index in [-0.39, 0.29) is 22.6 Å². The Balaban J connectivity index is 2.30. The lowest BCUT2D eigenvalue weighted by molar-refractivity contribution is -0.139. The van der Waals surface area contributed by atoms with Gasteiger partial charge in [0.25, 0.3) is 0 Å². The first-order valence-electron chi connectivity index (χ1n) is 6.97. The van der Waals surface area contributed by atoms with Gasteiger partial charge in [-0.2, -0.15) is 13.2 Å². The summed E-state index contributed by atoms with van der Waals surface area (Å²) >= 11 is 12.3. The predicted molar refractivity (Wildman–Crippen MR) is 95.0 cm³/mol. The average Bonchev–Trinajstić information content (AvgIpc) is 2.55. The Labute approximate surface area is 157 Å². The Bertz CT molecular complexity index is 760. The maximum atomic E-state index is 13.3. The predicted octanol–water partition coefficient (Wildman–Crippen LogP) is 6.92. The number of alkyl halides is 3. The van der Waals surface area contributed by atoms with E-state index in [2.05, 4.69) is 0 Å². The van der Waals surface area contributed by atoms with Crippen LogP contribution in [-0.4, -0.2) is 12.9 Å². The van der Waals surface area contributed by atoms with E-state index in [9.17, 15) is 13.2 Å². The Hall–Kier alpha value is -1.50. The lowest BCUT2D eigenvalue weighted by Crippen LogP contribution is -2.09. The van der Waals surface area contributed by atoms with Crippen LogP contribution < -0.4 is 9.47 Å². The summed E-state index contributed by atoms with van der Waals surface area (Å²) in [6.07, 6.45) is -1.49. The monoisotopic (exact) mass is 408 g/mol. The number of para-hydroxylation sites is 1. The van der Waals surface area contributed by atoms with Gasteiger partial charge in [0, 0.05) is 4.90 Å². The molecule has 0 aromatic heterocycles. The molecule has 25 heavy (non-hydrogen) atoms. The number of thioether (sulfide) groups is 1. The van der Waals surface area contributed by atoms with Crippen molar-refractivity contribution in [1.29, 1.82) is 0 Å². The Kier molecular flexibility index (Phi) is 6.93. The lowest BCUT2D eigenvalue weighted by atomic mass is 10.2. The average molecular weight is 409 g/mol. The van der Waals surface area contributed by atoms with Gasteiger partial charge in [-0.3, -0.25) is 0 Å². The summed E-state index contributed by atoms with van der Waals surface area (Å²) in [5, 5.41) is 0. The Morgan fingerprint density at radius 1 is 1.12 bits per heavy atom. The molecular weight excluding hydrogens is 396 g/mol. The van der Waals surface area contributed by atoms with Crippen LogP contribution in [0.4, 0.5) is 13.2 Å². The SMILES string of the molecule is CSc1ccccc1Oc1ccc(OCC=C(Cl)Cl)c(C(F)(F)F)c1. The summed E-state index contributed by atoms with van der Waals surface area (Å²) in [4.78, 5) is 0.818. The summed E-state index contributed by atoms with van der Waals surface area (Å²) in [7, 11) is 0. The van der Waals surface area contributed by atoms with Crippen molar-refractivity contribution in [3.8, 4) is 17.2 Å². The highest BCUT2D eigenvalue weighted by Crippen LogP contribution is 2.40. The molecule has 0 amide bonds. The molecule has 0 bridgehead atoms. The summed E-state index contributed by atoms with van der Waals surface area (Å²) < 4.78 is 50.5. The van der Waals surface area contributed by atoms with Crippen molar-refractivity contribution >= 4 is 35.0 Å². The van der Waals surface area contributed by atoms with Crippen LogP contribution in [0.25, 0.3) is 0 Å². The molecule has 0 fully saturated rings. The van der Waals surface area contributed by atoms with Crippen LogP contribution >= 0.6 is 35.0 Å². The van der Waals surface area contributed by atoms with Crippen LogP contribution in [0.2, 0.25) is 0 Å². The van der Waals surface area contributed by atoms with Gasteiger partial charge in [0.1, 0.15) is 33.9 Å². The van der Waals surface area contributed by atoms with Crippen molar-refractivity contribution in [3.63, 3.8) is 0 Å². The van der Waals surface area contributed by atoms with Crippen LogP contribution in [0.15, 0.2) is 57.9 Å². The molecule has 134 valence electrons. The first-order chi connectivity index (χ1) is 11.8. The first-order valence-corrected chi connectivity index (χ1v) is 8.95. The molecule has 0 unspecified atom stereocenters. The molecule has 0 aliphatic heterocycles. The largest absolute Gasteiger partial charge is 0.489 e. The molecule has 2 aromatic rings. The van der Waals surface area contributed by atoms with Gasteiger partial charge < -0.3 is 9.47 Å². The van der Waals surface area contributed by atoms with Gasteiger partial charge in [0.15, 0.2) is 0 Å². The summed E-state index contributed by atoms with van der Waals surface area (Å²) in [5.41, 5.74) is -0.939. The highest BCUT2D eigenvalue weighted by molar-refractivity contribution is 7.98. The van der Waals surface area contributed by atoms with E-state index in [0.29, 0.717) is 5.75 Å². The number of benzene rings is 2. The summed E-state index contributed by atoms with van der Waals surface area (Å²) in [6.45, 7) is -0.180. The van der Waals surface area contributed by atoms with Crippen molar-refractivity contribution in [2.45, 2.75) is 11.1 Å². The maximum absolute atomic E-state index is 13.3. The van der Waals surface area contributed by atoms with Gasteiger partial charge in [-0.1, -0.05) is 35.3 Å². The molecule has 0 spiro atoms. The number of halogens is 5. The molecule has 0 radical (unpaired) electrons. The highest BCUT2D eigenvalue weighted by Gasteiger charge is 2.35. The molecular formula is C17H13Cl2F3O2S. The van der Waals surface area contributed by atoms with Gasteiger partial charge in [0.05, 0.1) is 0 Å². The van der Waals surface area contributed by atoms with E-state index in [1.54, 1.807) is 12.1 Å². The number of hydrogen-bond donors (Lipinski definition) is 0. The number of ether oxygens (including phenoxy) is 2. The molecule has 0 atom stereocenters. The summed E-state index contributed by atoms with van der Waals surface area (Å²) in [6, 6.07) is 10.6. The van der Waals surface area contributed by atoms with Crippen LogP contribution in [0.1, 0.15) is 5.56 Å². The second kappa shape index (κ2) is 8.74. The van der Waals surface area contributed by atoms with Gasteiger partial charge in [-0.25, -0.2) is 0 Å². The zero-order valence-electron chi connectivity index (χ0n) is 12.9. The minimum atomic E-state index is -4.60. The van der Waals surface area contributed by atoms with Crippen molar-refractivity contribution in [2.75, 3.05) is 12.9 Å². The molecule has 0 heterocycles.